The number of anilines is 3. The first-order valence-corrected chi connectivity index (χ1v) is 22.9. The van der Waals surface area contributed by atoms with Gasteiger partial charge >= 0.3 is 0 Å². The number of nitrogens with zero attached hydrogens (tertiary/aromatic N) is 3. The maximum absolute atomic E-state index is 2.66. The van der Waals surface area contributed by atoms with E-state index in [1.54, 1.807) is 0 Å². The Kier molecular flexibility index (Phi) is 6.93. The van der Waals surface area contributed by atoms with Crippen molar-refractivity contribution >= 4 is 94.5 Å². The topological polar surface area (TPSA) is 13.1 Å². The molecule has 304 valence electrons. The first-order chi connectivity index (χ1) is 31.0. The quantitative estimate of drug-likeness (QED) is 0.158. The summed E-state index contributed by atoms with van der Waals surface area (Å²) in [5.41, 5.74) is 23.0. The van der Waals surface area contributed by atoms with Gasteiger partial charge in [-0.3, -0.25) is 0 Å². The molecule has 2 aliphatic heterocycles. The van der Waals surface area contributed by atoms with Crippen LogP contribution in [0.1, 0.15) is 52.7 Å². The molecule has 64 heavy (non-hydrogen) atoms. The summed E-state index contributed by atoms with van der Waals surface area (Å²) >= 11 is 0. The molecule has 11 aromatic rings. The Morgan fingerprint density at radius 1 is 0.391 bits per heavy atom. The largest absolute Gasteiger partial charge is 0.311 e. The van der Waals surface area contributed by atoms with Crippen LogP contribution in [0.4, 0.5) is 17.1 Å². The lowest BCUT2D eigenvalue weighted by Gasteiger charge is -2.40. The number of para-hydroxylation sites is 2. The van der Waals surface area contributed by atoms with Crippen molar-refractivity contribution in [2.75, 3.05) is 4.90 Å². The maximum atomic E-state index is 2.66. The van der Waals surface area contributed by atoms with Crippen molar-refractivity contribution in [3.05, 3.63) is 181 Å². The third-order valence-electron chi connectivity index (χ3n) is 14.9. The SMILES string of the molecule is CC(C)(C)c1ccc2c(c1)c1cc(C(C)(C)C)ccc1n2-c1cc2c3c(c1)-n1c4cccc5c4c4c6c(cccc6cc(c41)B3c1ccccc1N2c1ccccc1)-c1ccccc1-5. The highest BCUT2D eigenvalue weighted by Crippen LogP contribution is 2.51. The van der Waals surface area contributed by atoms with E-state index in [1.807, 2.05) is 0 Å². The molecule has 0 spiro atoms. The lowest BCUT2D eigenvalue weighted by Crippen LogP contribution is -2.60. The average Bonchev–Trinajstić information content (AvgIpc) is 3.79. The van der Waals surface area contributed by atoms with Crippen molar-refractivity contribution in [2.24, 2.45) is 0 Å². The Labute approximate surface area is 373 Å². The lowest BCUT2D eigenvalue weighted by atomic mass is 9.33. The molecule has 0 bridgehead atoms. The zero-order valence-corrected chi connectivity index (χ0v) is 37.1. The van der Waals surface area contributed by atoms with E-state index in [0.29, 0.717) is 0 Å². The second-order valence-corrected chi connectivity index (χ2v) is 20.5. The van der Waals surface area contributed by atoms with Gasteiger partial charge in [-0.2, -0.15) is 0 Å². The number of hydrogen-bond donors (Lipinski definition) is 0. The van der Waals surface area contributed by atoms with E-state index in [9.17, 15) is 0 Å². The molecule has 4 heteroatoms. The molecule has 0 saturated carbocycles. The third-order valence-corrected chi connectivity index (χ3v) is 14.9. The van der Waals surface area contributed by atoms with Crippen LogP contribution in [0.25, 0.3) is 88.0 Å². The molecular weight excluding hydrogens is 773 g/mol. The van der Waals surface area contributed by atoms with Gasteiger partial charge in [-0.25, -0.2) is 0 Å². The van der Waals surface area contributed by atoms with Crippen molar-refractivity contribution in [1.82, 2.24) is 9.13 Å². The summed E-state index contributed by atoms with van der Waals surface area (Å²) < 4.78 is 5.22. The predicted molar refractivity (Wildman–Crippen MR) is 274 cm³/mol. The zero-order chi connectivity index (χ0) is 43.0. The second-order valence-electron chi connectivity index (χ2n) is 20.5. The predicted octanol–water partition coefficient (Wildman–Crippen LogP) is 13.9. The molecule has 0 N–H and O–H groups in total. The Bertz CT molecular complexity index is 3800. The molecule has 0 radical (unpaired) electrons. The number of hydrogen-bond acceptors (Lipinski definition) is 1. The molecule has 0 fully saturated rings. The third kappa shape index (κ3) is 4.62. The molecular formula is C60H46BN3. The summed E-state index contributed by atoms with van der Waals surface area (Å²) in [5.74, 6) is 0. The Hall–Kier alpha value is -7.30. The summed E-state index contributed by atoms with van der Waals surface area (Å²) in [7, 11) is 0. The fourth-order valence-corrected chi connectivity index (χ4v) is 12.0. The smallest absolute Gasteiger partial charge is 0.252 e. The van der Waals surface area contributed by atoms with Gasteiger partial charge in [0, 0.05) is 44.3 Å². The minimum absolute atomic E-state index is 0.0130. The molecule has 0 unspecified atom stereocenters. The van der Waals surface area contributed by atoms with Crippen LogP contribution in [0.3, 0.4) is 0 Å². The van der Waals surface area contributed by atoms with Crippen LogP contribution < -0.4 is 21.3 Å². The van der Waals surface area contributed by atoms with E-state index in [2.05, 4.69) is 225 Å². The number of benzene rings is 9. The van der Waals surface area contributed by atoms with Crippen LogP contribution in [0, 0.1) is 0 Å². The van der Waals surface area contributed by atoms with Crippen molar-refractivity contribution < 1.29 is 0 Å². The van der Waals surface area contributed by atoms with Gasteiger partial charge in [0.05, 0.1) is 27.8 Å². The molecule has 2 aromatic heterocycles. The first kappa shape index (κ1) is 36.2. The number of fused-ring (bicyclic) bond motifs is 11. The van der Waals surface area contributed by atoms with Crippen molar-refractivity contribution in [3.8, 4) is 33.6 Å². The molecule has 9 aromatic carbocycles. The van der Waals surface area contributed by atoms with Gasteiger partial charge in [-0.1, -0.05) is 151 Å². The molecule has 0 atom stereocenters. The average molecular weight is 820 g/mol. The second kappa shape index (κ2) is 12.2. The van der Waals surface area contributed by atoms with Gasteiger partial charge in [-0.15, -0.1) is 0 Å². The fourth-order valence-electron chi connectivity index (χ4n) is 12.0. The van der Waals surface area contributed by atoms with Crippen LogP contribution in [-0.2, 0) is 10.8 Å². The van der Waals surface area contributed by atoms with Gasteiger partial charge in [-0.05, 0) is 132 Å². The standard InChI is InChI=1S/C60H46BN3/c1-59(2,3)36-26-28-48-44(31-36)45-32-37(60(4,5)6)27-29-49(45)63(48)39-33-52-57-53(34-39)64-51-25-15-22-43-41-20-11-10-19-40(41)42-21-14-16-35-30-47(58(64)56(54(35)42)55(43)51)61(57)46-23-12-13-24-50(46)62(52)38-17-8-7-9-18-38/h7-34H,1-6H3. The van der Waals surface area contributed by atoms with Crippen molar-refractivity contribution in [1.29, 1.82) is 0 Å². The lowest BCUT2D eigenvalue weighted by molar-refractivity contribution is 0.590. The minimum Gasteiger partial charge on any atom is -0.311 e. The monoisotopic (exact) mass is 819 g/mol. The number of rotatable bonds is 2. The molecule has 4 heterocycles. The van der Waals surface area contributed by atoms with Crippen LogP contribution in [-0.4, -0.2) is 15.8 Å². The van der Waals surface area contributed by atoms with Crippen LogP contribution in [0.5, 0.6) is 0 Å². The summed E-state index contributed by atoms with van der Waals surface area (Å²) in [4.78, 5) is 2.54. The van der Waals surface area contributed by atoms with E-state index in [0.717, 1.165) is 11.4 Å². The Balaban J connectivity index is 1.18. The van der Waals surface area contributed by atoms with Crippen LogP contribution >= 0.6 is 0 Å². The van der Waals surface area contributed by atoms with Gasteiger partial charge in [0.25, 0.3) is 6.71 Å². The Morgan fingerprint density at radius 2 is 0.984 bits per heavy atom. The van der Waals surface area contributed by atoms with Gasteiger partial charge in [0.2, 0.25) is 0 Å². The molecule has 3 nitrogen and oxygen atoms in total. The molecule has 0 amide bonds. The van der Waals surface area contributed by atoms with E-state index in [1.165, 1.54) is 121 Å². The Morgan fingerprint density at radius 3 is 1.67 bits per heavy atom. The summed E-state index contributed by atoms with van der Waals surface area (Å²) in [6.45, 7) is 14.0. The van der Waals surface area contributed by atoms with Gasteiger partial charge < -0.3 is 14.0 Å². The summed E-state index contributed by atoms with van der Waals surface area (Å²) in [5, 5.41) is 7.95. The zero-order valence-electron chi connectivity index (χ0n) is 37.1. The fraction of sp³-hybridized carbons (Fsp3) is 0.133. The highest BCUT2D eigenvalue weighted by molar-refractivity contribution is 7.00. The molecule has 1 aliphatic carbocycles. The molecule has 14 rings (SSSR count). The van der Waals surface area contributed by atoms with E-state index in [-0.39, 0.29) is 17.5 Å². The van der Waals surface area contributed by atoms with Gasteiger partial charge in [0.1, 0.15) is 0 Å². The van der Waals surface area contributed by atoms with Crippen molar-refractivity contribution in [3.63, 3.8) is 0 Å². The van der Waals surface area contributed by atoms with Gasteiger partial charge in [0.15, 0.2) is 0 Å². The number of aromatic nitrogens is 2. The maximum Gasteiger partial charge on any atom is 0.252 e. The van der Waals surface area contributed by atoms with E-state index >= 15 is 0 Å². The van der Waals surface area contributed by atoms with E-state index in [4.69, 9.17) is 0 Å². The normalized spacial score (nSPS) is 13.7. The first-order valence-electron chi connectivity index (χ1n) is 22.9. The van der Waals surface area contributed by atoms with E-state index < -0.39 is 0 Å². The summed E-state index contributed by atoms with van der Waals surface area (Å²) in [6.07, 6.45) is 0. The highest BCUT2D eigenvalue weighted by Gasteiger charge is 2.43. The molecule has 3 aliphatic rings. The minimum atomic E-state index is 0.0130. The van der Waals surface area contributed by atoms with Crippen LogP contribution in [0.15, 0.2) is 170 Å². The van der Waals surface area contributed by atoms with Crippen molar-refractivity contribution in [2.45, 2.75) is 52.4 Å². The molecule has 0 saturated heterocycles. The summed E-state index contributed by atoms with van der Waals surface area (Å²) in [6, 6.07) is 65.1. The van der Waals surface area contributed by atoms with Crippen LogP contribution in [0.2, 0.25) is 0 Å². The highest BCUT2D eigenvalue weighted by atomic mass is 15.2.